The van der Waals surface area contributed by atoms with Gasteiger partial charge in [-0.1, -0.05) is 18.2 Å². The van der Waals surface area contributed by atoms with Crippen molar-refractivity contribution in [1.29, 1.82) is 0 Å². The molecule has 118 valence electrons. The van der Waals surface area contributed by atoms with Crippen LogP contribution in [0.15, 0.2) is 34.7 Å². The smallest absolute Gasteiger partial charge is 0.237 e. The second-order valence-corrected chi connectivity index (χ2v) is 5.89. The van der Waals surface area contributed by atoms with Gasteiger partial charge in [0.2, 0.25) is 5.91 Å². The molecule has 1 amide bonds. The molecule has 1 saturated heterocycles. The predicted molar refractivity (Wildman–Crippen MR) is 86.7 cm³/mol. The molecular weight excluding hydrogens is 278 g/mol. The van der Waals surface area contributed by atoms with E-state index < -0.39 is 0 Å². The van der Waals surface area contributed by atoms with Crippen LogP contribution in [0, 0.1) is 0 Å². The van der Waals surface area contributed by atoms with E-state index in [1.165, 1.54) is 0 Å². The summed E-state index contributed by atoms with van der Waals surface area (Å²) >= 11 is 0. The van der Waals surface area contributed by atoms with Crippen LogP contribution < -0.4 is 5.32 Å². The standard InChI is InChI=1S/C17H23N3O2/c1-13(16-11-14-5-3-4-6-15(14)22-16)19(2)17(21)12-20-9-7-18-8-10-20/h3-6,11,13,18H,7-10,12H2,1-2H3. The zero-order chi connectivity index (χ0) is 15.5. The van der Waals surface area contributed by atoms with Crippen molar-refractivity contribution in [2.45, 2.75) is 13.0 Å². The Morgan fingerprint density at radius 3 is 2.82 bits per heavy atom. The van der Waals surface area contributed by atoms with Crippen molar-refractivity contribution in [2.75, 3.05) is 39.8 Å². The van der Waals surface area contributed by atoms with Crippen LogP contribution in [-0.2, 0) is 4.79 Å². The van der Waals surface area contributed by atoms with Gasteiger partial charge in [0.1, 0.15) is 11.3 Å². The highest BCUT2D eigenvalue weighted by atomic mass is 16.3. The zero-order valence-corrected chi connectivity index (χ0v) is 13.2. The summed E-state index contributed by atoms with van der Waals surface area (Å²) in [5, 5.41) is 4.38. The number of carbonyl (C=O) groups excluding carboxylic acids is 1. The molecule has 5 nitrogen and oxygen atoms in total. The third-order valence-corrected chi connectivity index (χ3v) is 4.40. The van der Waals surface area contributed by atoms with Gasteiger partial charge in [0.15, 0.2) is 0 Å². The van der Waals surface area contributed by atoms with Crippen LogP contribution >= 0.6 is 0 Å². The van der Waals surface area contributed by atoms with E-state index in [1.54, 1.807) is 4.90 Å². The molecule has 1 N–H and O–H groups in total. The number of rotatable bonds is 4. The Bertz CT molecular complexity index is 613. The summed E-state index contributed by atoms with van der Waals surface area (Å²) in [5.74, 6) is 0.965. The third-order valence-electron chi connectivity index (χ3n) is 4.40. The van der Waals surface area contributed by atoms with Gasteiger partial charge in [0.25, 0.3) is 0 Å². The zero-order valence-electron chi connectivity index (χ0n) is 13.2. The summed E-state index contributed by atoms with van der Waals surface area (Å²) in [6, 6.07) is 9.88. The Kier molecular flexibility index (Phi) is 4.45. The first-order chi connectivity index (χ1) is 10.6. The molecule has 1 aromatic heterocycles. The van der Waals surface area contributed by atoms with Crippen LogP contribution in [0.4, 0.5) is 0 Å². The molecule has 1 aromatic carbocycles. The summed E-state index contributed by atoms with van der Waals surface area (Å²) in [6.07, 6.45) is 0. The van der Waals surface area contributed by atoms with E-state index in [4.69, 9.17) is 4.42 Å². The lowest BCUT2D eigenvalue weighted by Gasteiger charge is -2.30. The summed E-state index contributed by atoms with van der Waals surface area (Å²) in [4.78, 5) is 16.4. The van der Waals surface area contributed by atoms with Crippen molar-refractivity contribution in [2.24, 2.45) is 0 Å². The van der Waals surface area contributed by atoms with Gasteiger partial charge in [-0.05, 0) is 19.1 Å². The molecule has 2 heterocycles. The third kappa shape index (κ3) is 3.15. The van der Waals surface area contributed by atoms with Crippen LogP contribution in [0.5, 0.6) is 0 Å². The highest BCUT2D eigenvalue weighted by Crippen LogP contribution is 2.26. The van der Waals surface area contributed by atoms with Gasteiger partial charge in [-0.25, -0.2) is 0 Å². The van der Waals surface area contributed by atoms with Gasteiger partial charge in [-0.3, -0.25) is 9.69 Å². The van der Waals surface area contributed by atoms with Gasteiger partial charge in [-0.15, -0.1) is 0 Å². The van der Waals surface area contributed by atoms with Crippen molar-refractivity contribution in [3.63, 3.8) is 0 Å². The minimum atomic E-state index is -0.0668. The molecule has 1 aliphatic heterocycles. The highest BCUT2D eigenvalue weighted by Gasteiger charge is 2.23. The summed E-state index contributed by atoms with van der Waals surface area (Å²) < 4.78 is 5.87. The molecule has 3 rings (SSSR count). The van der Waals surface area contributed by atoms with Crippen molar-refractivity contribution in [3.05, 3.63) is 36.1 Å². The second kappa shape index (κ2) is 6.50. The maximum absolute atomic E-state index is 12.5. The largest absolute Gasteiger partial charge is 0.459 e. The van der Waals surface area contributed by atoms with E-state index in [1.807, 2.05) is 44.3 Å². The first kappa shape index (κ1) is 15.1. The number of nitrogens with one attached hydrogen (secondary N) is 1. The van der Waals surface area contributed by atoms with E-state index in [2.05, 4.69) is 10.2 Å². The average Bonchev–Trinajstić information content (AvgIpc) is 2.98. The number of nitrogens with zero attached hydrogens (tertiary/aromatic N) is 2. The molecule has 1 unspecified atom stereocenters. The fraction of sp³-hybridized carbons (Fsp3) is 0.471. The maximum atomic E-state index is 12.5. The molecule has 0 radical (unpaired) electrons. The number of hydrogen-bond donors (Lipinski definition) is 1. The van der Waals surface area contributed by atoms with E-state index in [-0.39, 0.29) is 11.9 Å². The van der Waals surface area contributed by atoms with Crippen molar-refractivity contribution >= 4 is 16.9 Å². The first-order valence-corrected chi connectivity index (χ1v) is 7.82. The van der Waals surface area contributed by atoms with Crippen LogP contribution in [0.2, 0.25) is 0 Å². The van der Waals surface area contributed by atoms with Crippen molar-refractivity contribution in [3.8, 4) is 0 Å². The Hall–Kier alpha value is -1.85. The Labute approximate surface area is 130 Å². The molecule has 0 spiro atoms. The van der Waals surface area contributed by atoms with Crippen molar-refractivity contribution in [1.82, 2.24) is 15.1 Å². The van der Waals surface area contributed by atoms with Gasteiger partial charge >= 0.3 is 0 Å². The molecular formula is C17H23N3O2. The average molecular weight is 301 g/mol. The summed E-state index contributed by atoms with van der Waals surface area (Å²) in [6.45, 7) is 6.25. The van der Waals surface area contributed by atoms with E-state index >= 15 is 0 Å². The SMILES string of the molecule is CC(c1cc2ccccc2o1)N(C)C(=O)CN1CCNCC1. The van der Waals surface area contributed by atoms with E-state index in [0.29, 0.717) is 6.54 Å². The van der Waals surface area contributed by atoms with E-state index in [9.17, 15) is 4.79 Å². The molecule has 0 saturated carbocycles. The molecule has 5 heteroatoms. The molecule has 0 bridgehead atoms. The van der Waals surface area contributed by atoms with Gasteiger partial charge in [-0.2, -0.15) is 0 Å². The van der Waals surface area contributed by atoms with Crippen molar-refractivity contribution < 1.29 is 9.21 Å². The van der Waals surface area contributed by atoms with Gasteiger partial charge < -0.3 is 14.6 Å². The number of furan rings is 1. The number of hydrogen-bond acceptors (Lipinski definition) is 4. The van der Waals surface area contributed by atoms with E-state index in [0.717, 1.165) is 42.9 Å². The Morgan fingerprint density at radius 2 is 2.09 bits per heavy atom. The number of para-hydroxylation sites is 1. The van der Waals surface area contributed by atoms with Crippen LogP contribution in [0.1, 0.15) is 18.7 Å². The molecule has 1 aliphatic rings. The lowest BCUT2D eigenvalue weighted by molar-refractivity contribution is -0.133. The minimum Gasteiger partial charge on any atom is -0.459 e. The summed E-state index contributed by atoms with van der Waals surface area (Å²) in [7, 11) is 1.85. The maximum Gasteiger partial charge on any atom is 0.237 e. The van der Waals surface area contributed by atoms with Crippen LogP contribution in [0.25, 0.3) is 11.0 Å². The fourth-order valence-corrected chi connectivity index (χ4v) is 2.79. The first-order valence-electron chi connectivity index (χ1n) is 7.82. The molecule has 0 aliphatic carbocycles. The van der Waals surface area contributed by atoms with Gasteiger partial charge in [0.05, 0.1) is 12.6 Å². The number of benzene rings is 1. The number of amides is 1. The Morgan fingerprint density at radius 1 is 1.36 bits per heavy atom. The highest BCUT2D eigenvalue weighted by molar-refractivity contribution is 5.80. The lowest BCUT2D eigenvalue weighted by Crippen LogP contribution is -2.48. The topological polar surface area (TPSA) is 48.7 Å². The second-order valence-electron chi connectivity index (χ2n) is 5.89. The van der Waals surface area contributed by atoms with Crippen LogP contribution in [-0.4, -0.2) is 55.5 Å². The molecule has 1 fully saturated rings. The molecule has 1 atom stereocenters. The fourth-order valence-electron chi connectivity index (χ4n) is 2.79. The number of fused-ring (bicyclic) bond motifs is 1. The number of likely N-dealkylation sites (N-methyl/N-ethyl adjacent to an activating group) is 1. The monoisotopic (exact) mass is 301 g/mol. The summed E-state index contributed by atoms with van der Waals surface area (Å²) in [5.41, 5.74) is 0.868. The predicted octanol–water partition coefficient (Wildman–Crippen LogP) is 1.86. The van der Waals surface area contributed by atoms with Gasteiger partial charge in [0, 0.05) is 38.6 Å². The quantitative estimate of drug-likeness (QED) is 0.936. The molecule has 22 heavy (non-hydrogen) atoms. The molecule has 2 aromatic rings. The number of carbonyl (C=O) groups is 1. The minimum absolute atomic E-state index is 0.0668. The number of piperazine rings is 1. The lowest BCUT2D eigenvalue weighted by atomic mass is 10.2. The normalized spacial score (nSPS) is 17.5. The Balaban J connectivity index is 1.67. The van der Waals surface area contributed by atoms with Crippen LogP contribution in [0.3, 0.4) is 0 Å².